The second-order valence-electron chi connectivity index (χ2n) is 10.6. The molecule has 0 aliphatic rings. The number of hydrogen-bond donors (Lipinski definition) is 2. The van der Waals surface area contributed by atoms with Gasteiger partial charge >= 0.3 is 0 Å². The number of para-hydroxylation sites is 1. The second kappa shape index (κ2) is 11.6. The van der Waals surface area contributed by atoms with Gasteiger partial charge in [0.1, 0.15) is 12.0 Å². The summed E-state index contributed by atoms with van der Waals surface area (Å²) in [5, 5.41) is 2.90. The summed E-state index contributed by atoms with van der Waals surface area (Å²) >= 11 is 0. The van der Waals surface area contributed by atoms with Crippen molar-refractivity contribution in [3.05, 3.63) is 65.5 Å². The Morgan fingerprint density at radius 2 is 1.75 bits per heavy atom. The van der Waals surface area contributed by atoms with Gasteiger partial charge < -0.3 is 20.2 Å². The topological polar surface area (TPSA) is 90.4 Å². The first-order valence-corrected chi connectivity index (χ1v) is 13.0. The predicted octanol–water partition coefficient (Wildman–Crippen LogP) is 6.89. The van der Waals surface area contributed by atoms with E-state index in [1.807, 2.05) is 18.2 Å². The summed E-state index contributed by atoms with van der Waals surface area (Å²) in [6, 6.07) is 13.9. The number of nitrogen functional groups attached to an aromatic ring is 1. The molecule has 6 heteroatoms. The molecule has 0 aliphatic carbocycles. The predicted molar refractivity (Wildman–Crippen MR) is 146 cm³/mol. The van der Waals surface area contributed by atoms with Gasteiger partial charge in [-0.15, -0.1) is 0 Å². The number of unbranched alkanes of at least 4 members (excludes halogenated alkanes) is 1. The van der Waals surface area contributed by atoms with Crippen LogP contribution < -0.4 is 15.8 Å². The molecule has 0 radical (unpaired) electrons. The van der Waals surface area contributed by atoms with E-state index < -0.39 is 0 Å². The van der Waals surface area contributed by atoms with Crippen LogP contribution in [0.5, 0.6) is 5.75 Å². The van der Waals surface area contributed by atoms with E-state index in [0.717, 1.165) is 31.4 Å². The normalized spacial score (nSPS) is 11.9. The zero-order chi connectivity index (χ0) is 26.3. The number of anilines is 1. The van der Waals surface area contributed by atoms with Crippen molar-refractivity contribution in [3.8, 4) is 17.2 Å². The molecule has 3 aromatic rings. The number of nitrogens with two attached hydrogens (primary N) is 1. The van der Waals surface area contributed by atoms with Crippen LogP contribution in [0.2, 0.25) is 0 Å². The summed E-state index contributed by atoms with van der Waals surface area (Å²) in [5.74, 6) is 1.03. The fourth-order valence-corrected chi connectivity index (χ4v) is 3.90. The molecule has 0 saturated carbocycles. The minimum Gasteiger partial charge on any atom is -0.493 e. The largest absolute Gasteiger partial charge is 0.493 e. The molecular formula is C30H41N3O3. The number of nitrogens with one attached hydrogen (secondary N) is 1. The van der Waals surface area contributed by atoms with Gasteiger partial charge in [-0.25, -0.2) is 4.98 Å². The first-order chi connectivity index (χ1) is 17.1. The Morgan fingerprint density at radius 3 is 2.44 bits per heavy atom. The van der Waals surface area contributed by atoms with Gasteiger partial charge in [-0.2, -0.15) is 0 Å². The van der Waals surface area contributed by atoms with Gasteiger partial charge in [-0.05, 0) is 60.3 Å². The average Bonchev–Trinajstić information content (AvgIpc) is 3.36. The van der Waals surface area contributed by atoms with Gasteiger partial charge in [-0.1, -0.05) is 65.8 Å². The third-order valence-corrected chi connectivity index (χ3v) is 7.30. The lowest BCUT2D eigenvalue weighted by molar-refractivity contribution is 0.0947. The lowest BCUT2D eigenvalue weighted by Gasteiger charge is -2.30. The standard InChI is InChI=1S/C30H41N3O3/c1-7-29(3,4)21-15-16-26(23(19-21)30(5,6)8-2)35-18-12-11-17-32-27(34)25-20-36-28(33-25)22-13-9-10-14-24(22)31/h9-10,13-16,19-20H,7-8,11-12,17-18,31H2,1-6H3,(H,32,34). The molecule has 6 nitrogen and oxygen atoms in total. The van der Waals surface area contributed by atoms with E-state index in [9.17, 15) is 4.79 Å². The van der Waals surface area contributed by atoms with Crippen LogP contribution in [0.3, 0.4) is 0 Å². The number of oxazole rings is 1. The quantitative estimate of drug-likeness (QED) is 0.213. The molecule has 3 rings (SSSR count). The van der Waals surface area contributed by atoms with Crippen molar-refractivity contribution in [3.63, 3.8) is 0 Å². The van der Waals surface area contributed by atoms with Crippen LogP contribution in [0.25, 0.3) is 11.5 Å². The number of aromatic nitrogens is 1. The number of hydrogen-bond acceptors (Lipinski definition) is 5. The first-order valence-electron chi connectivity index (χ1n) is 13.0. The van der Waals surface area contributed by atoms with Crippen LogP contribution in [0.15, 0.2) is 53.1 Å². The SMILES string of the molecule is CCC(C)(C)c1ccc(OCCCCNC(=O)c2coc(-c3ccccc3N)n2)c(C(C)(C)CC)c1. The van der Waals surface area contributed by atoms with E-state index in [0.29, 0.717) is 30.3 Å². The zero-order valence-corrected chi connectivity index (χ0v) is 22.6. The third-order valence-electron chi connectivity index (χ3n) is 7.30. The summed E-state index contributed by atoms with van der Waals surface area (Å²) in [6.07, 6.45) is 5.11. The maximum absolute atomic E-state index is 12.5. The van der Waals surface area contributed by atoms with Crippen molar-refractivity contribution in [1.82, 2.24) is 10.3 Å². The Balaban J connectivity index is 1.51. The number of carbonyl (C=O) groups excluding carboxylic acids is 1. The lowest BCUT2D eigenvalue weighted by atomic mass is 9.76. The van der Waals surface area contributed by atoms with Crippen LogP contribution in [0, 0.1) is 0 Å². The number of amides is 1. The van der Waals surface area contributed by atoms with Crippen molar-refractivity contribution in [2.75, 3.05) is 18.9 Å². The summed E-state index contributed by atoms with van der Waals surface area (Å²) in [5.41, 5.74) is 10.2. The van der Waals surface area contributed by atoms with Crippen molar-refractivity contribution in [2.45, 2.75) is 78.1 Å². The van der Waals surface area contributed by atoms with Crippen LogP contribution >= 0.6 is 0 Å². The van der Waals surface area contributed by atoms with Crippen LogP contribution in [-0.2, 0) is 10.8 Å². The van der Waals surface area contributed by atoms with Crippen molar-refractivity contribution >= 4 is 11.6 Å². The highest BCUT2D eigenvalue weighted by Crippen LogP contribution is 2.38. The number of rotatable bonds is 12. The second-order valence-corrected chi connectivity index (χ2v) is 10.6. The van der Waals surface area contributed by atoms with Crippen LogP contribution in [0.1, 0.15) is 88.8 Å². The molecule has 3 N–H and O–H groups in total. The first kappa shape index (κ1) is 27.3. The molecule has 0 fully saturated rings. The van der Waals surface area contributed by atoms with Gasteiger partial charge in [0.05, 0.1) is 12.2 Å². The van der Waals surface area contributed by atoms with E-state index in [1.54, 1.807) is 6.07 Å². The maximum atomic E-state index is 12.5. The molecule has 194 valence electrons. The molecule has 1 amide bonds. The molecule has 0 atom stereocenters. The smallest absolute Gasteiger partial charge is 0.273 e. The molecule has 1 heterocycles. The van der Waals surface area contributed by atoms with Crippen molar-refractivity contribution in [1.29, 1.82) is 0 Å². The molecule has 1 aromatic heterocycles. The molecular weight excluding hydrogens is 450 g/mol. The molecule has 0 saturated heterocycles. The van der Waals surface area contributed by atoms with Crippen molar-refractivity contribution in [2.24, 2.45) is 0 Å². The van der Waals surface area contributed by atoms with Crippen LogP contribution in [-0.4, -0.2) is 24.0 Å². The summed E-state index contributed by atoms with van der Waals surface area (Å²) in [4.78, 5) is 16.7. The monoisotopic (exact) mass is 491 g/mol. The van der Waals surface area contributed by atoms with Gasteiger partial charge in [0, 0.05) is 17.8 Å². The van der Waals surface area contributed by atoms with Crippen LogP contribution in [0.4, 0.5) is 5.69 Å². The van der Waals surface area contributed by atoms with Crippen molar-refractivity contribution < 1.29 is 13.9 Å². The zero-order valence-electron chi connectivity index (χ0n) is 22.6. The molecule has 0 bridgehead atoms. The van der Waals surface area contributed by atoms with E-state index in [-0.39, 0.29) is 22.4 Å². The Bertz CT molecular complexity index is 1160. The maximum Gasteiger partial charge on any atom is 0.273 e. The fraction of sp³-hybridized carbons (Fsp3) is 0.467. The third kappa shape index (κ3) is 6.48. The summed E-state index contributed by atoms with van der Waals surface area (Å²) in [6.45, 7) is 14.7. The van der Waals surface area contributed by atoms with E-state index in [4.69, 9.17) is 14.9 Å². The summed E-state index contributed by atoms with van der Waals surface area (Å²) in [7, 11) is 0. The van der Waals surface area contributed by atoms with E-state index in [1.165, 1.54) is 17.4 Å². The number of benzene rings is 2. The minimum absolute atomic E-state index is 0.0317. The van der Waals surface area contributed by atoms with Gasteiger partial charge in [-0.3, -0.25) is 4.79 Å². The molecule has 0 unspecified atom stereocenters. The molecule has 0 spiro atoms. The Morgan fingerprint density at radius 1 is 1.03 bits per heavy atom. The van der Waals surface area contributed by atoms with Gasteiger partial charge in [0.25, 0.3) is 5.91 Å². The number of carbonyl (C=O) groups is 1. The minimum atomic E-state index is -0.262. The Kier molecular flexibility index (Phi) is 8.83. The van der Waals surface area contributed by atoms with E-state index in [2.05, 4.69) is 70.0 Å². The average molecular weight is 492 g/mol. The fourth-order valence-electron chi connectivity index (χ4n) is 3.90. The number of ether oxygens (including phenoxy) is 1. The highest BCUT2D eigenvalue weighted by molar-refractivity contribution is 5.92. The highest BCUT2D eigenvalue weighted by atomic mass is 16.5. The van der Waals surface area contributed by atoms with E-state index >= 15 is 0 Å². The highest BCUT2D eigenvalue weighted by Gasteiger charge is 2.26. The summed E-state index contributed by atoms with van der Waals surface area (Å²) < 4.78 is 11.7. The Labute approximate surface area is 215 Å². The Hall–Kier alpha value is -3.28. The molecule has 0 aliphatic heterocycles. The lowest BCUT2D eigenvalue weighted by Crippen LogP contribution is -2.25. The molecule has 36 heavy (non-hydrogen) atoms. The molecule has 2 aromatic carbocycles. The number of nitrogens with zero attached hydrogens (tertiary/aromatic N) is 1. The van der Waals surface area contributed by atoms with Gasteiger partial charge in [0.2, 0.25) is 5.89 Å². The van der Waals surface area contributed by atoms with Gasteiger partial charge in [0.15, 0.2) is 5.69 Å².